The minimum atomic E-state index is 0.620. The highest BCUT2D eigenvalue weighted by Crippen LogP contribution is 2.43. The van der Waals surface area contributed by atoms with Crippen molar-refractivity contribution in [3.8, 4) is 68.2 Å². The molecule has 0 bridgehead atoms. The highest BCUT2D eigenvalue weighted by molar-refractivity contribution is 6.28. The summed E-state index contributed by atoms with van der Waals surface area (Å²) in [7, 11) is 0. The summed E-state index contributed by atoms with van der Waals surface area (Å²) in [5.74, 6) is 2.52. The molecule has 4 heterocycles. The summed E-state index contributed by atoms with van der Waals surface area (Å²) in [6.45, 7) is 0. The second-order valence-electron chi connectivity index (χ2n) is 16.5. The molecule has 0 N–H and O–H groups in total. The zero-order valence-corrected chi connectivity index (χ0v) is 35.5. The van der Waals surface area contributed by atoms with Crippen molar-refractivity contribution < 1.29 is 0 Å². The van der Waals surface area contributed by atoms with Gasteiger partial charge < -0.3 is 4.57 Å². The smallest absolute Gasteiger partial charge is 0.235 e. The van der Waals surface area contributed by atoms with Crippen molar-refractivity contribution in [3.63, 3.8) is 0 Å². The first-order chi connectivity index (χ1) is 32.7. The molecule has 0 aliphatic carbocycles. The minimum absolute atomic E-state index is 0.620. The third-order valence-electron chi connectivity index (χ3n) is 12.6. The number of rotatable bonds is 7. The van der Waals surface area contributed by atoms with Gasteiger partial charge in [-0.1, -0.05) is 170 Å². The number of fused-ring (bicyclic) bond motifs is 8. The van der Waals surface area contributed by atoms with Crippen LogP contribution in [0.5, 0.6) is 0 Å². The topological polar surface area (TPSA) is 74.3 Å². The van der Waals surface area contributed by atoms with Crippen molar-refractivity contribution in [3.05, 3.63) is 224 Å². The Morgan fingerprint density at radius 3 is 1.24 bits per heavy atom. The first-order valence-electron chi connectivity index (χ1n) is 22.1. The zero-order chi connectivity index (χ0) is 43.6. The van der Waals surface area contributed by atoms with Gasteiger partial charge in [-0.05, 0) is 65.7 Å². The van der Waals surface area contributed by atoms with Gasteiger partial charge in [0.2, 0.25) is 5.95 Å². The highest BCUT2D eigenvalue weighted by atomic mass is 15.2. The standard InChI is InChI=1S/C59H37N7/c1-4-16-38(17-5-1)39-28-30-40(31-29-39)55-45-22-10-13-25-48(45)60-59(61-55)66-50-27-15-12-24-47(50)54-52(66)37-36-51-53(54)46-23-11-14-26-49(46)65(51)44-34-32-43(33-35-44)58-63-56(41-18-6-2-7-19-41)62-57(64-58)42-20-8-3-9-21-42/h1-37H. The van der Waals surface area contributed by atoms with E-state index in [9.17, 15) is 0 Å². The quantitative estimate of drug-likeness (QED) is 0.160. The van der Waals surface area contributed by atoms with Crippen LogP contribution in [0.2, 0.25) is 0 Å². The second-order valence-corrected chi connectivity index (χ2v) is 16.5. The van der Waals surface area contributed by atoms with Gasteiger partial charge in [0.15, 0.2) is 17.5 Å². The first kappa shape index (κ1) is 37.5. The first-order valence-corrected chi connectivity index (χ1v) is 22.1. The Kier molecular flexibility index (Phi) is 8.70. The van der Waals surface area contributed by atoms with Crippen LogP contribution >= 0.6 is 0 Å². The average molecular weight is 844 g/mol. The molecule has 13 aromatic rings. The Morgan fingerprint density at radius 2 is 0.667 bits per heavy atom. The largest absolute Gasteiger partial charge is 0.309 e. The zero-order valence-electron chi connectivity index (χ0n) is 35.5. The molecule has 9 aromatic carbocycles. The second kappa shape index (κ2) is 15.3. The van der Waals surface area contributed by atoms with Crippen LogP contribution < -0.4 is 0 Å². The maximum atomic E-state index is 5.42. The normalized spacial score (nSPS) is 11.6. The molecule has 0 aliphatic rings. The number of hydrogen-bond donors (Lipinski definition) is 0. The fraction of sp³-hybridized carbons (Fsp3) is 0. The molecule has 4 aromatic heterocycles. The molecular formula is C59H37N7. The number of hydrogen-bond acceptors (Lipinski definition) is 5. The molecule has 0 saturated carbocycles. The van der Waals surface area contributed by atoms with Crippen LogP contribution in [0.4, 0.5) is 0 Å². The fourth-order valence-corrected chi connectivity index (χ4v) is 9.54. The van der Waals surface area contributed by atoms with Crippen LogP contribution in [-0.2, 0) is 0 Å². The summed E-state index contributed by atoms with van der Waals surface area (Å²) in [4.78, 5) is 25.6. The SMILES string of the molecule is c1ccc(-c2ccc(-c3nc(-n4c5ccccc5c5c6c7ccccc7n(-c7ccc(-c8nc(-c9ccccc9)nc(-c9ccccc9)n8)cc7)c6ccc54)nc4ccccc34)cc2)cc1. The average Bonchev–Trinajstić information content (AvgIpc) is 3.92. The van der Waals surface area contributed by atoms with E-state index < -0.39 is 0 Å². The molecule has 7 nitrogen and oxygen atoms in total. The lowest BCUT2D eigenvalue weighted by Gasteiger charge is -2.12. The van der Waals surface area contributed by atoms with Crippen molar-refractivity contribution in [2.75, 3.05) is 0 Å². The van der Waals surface area contributed by atoms with Gasteiger partial charge in [-0.3, -0.25) is 4.57 Å². The van der Waals surface area contributed by atoms with E-state index in [1.165, 1.54) is 16.3 Å². The highest BCUT2D eigenvalue weighted by Gasteiger charge is 2.23. The van der Waals surface area contributed by atoms with E-state index in [1.54, 1.807) is 0 Å². The van der Waals surface area contributed by atoms with Crippen LogP contribution in [0.1, 0.15) is 0 Å². The predicted molar refractivity (Wildman–Crippen MR) is 269 cm³/mol. The van der Waals surface area contributed by atoms with Crippen LogP contribution in [0, 0.1) is 0 Å². The van der Waals surface area contributed by atoms with Crippen LogP contribution in [-0.4, -0.2) is 34.1 Å². The van der Waals surface area contributed by atoms with Gasteiger partial charge in [0.25, 0.3) is 0 Å². The molecule has 7 heteroatoms. The van der Waals surface area contributed by atoms with E-state index in [-0.39, 0.29) is 0 Å². The van der Waals surface area contributed by atoms with Gasteiger partial charge in [-0.25, -0.2) is 24.9 Å². The molecule has 0 atom stereocenters. The minimum Gasteiger partial charge on any atom is -0.309 e. The van der Waals surface area contributed by atoms with Crippen molar-refractivity contribution in [1.82, 2.24) is 34.1 Å². The van der Waals surface area contributed by atoms with E-state index in [0.717, 1.165) is 82.9 Å². The molecule has 0 saturated heterocycles. The van der Waals surface area contributed by atoms with Gasteiger partial charge in [0.1, 0.15) is 0 Å². The maximum absolute atomic E-state index is 5.42. The van der Waals surface area contributed by atoms with Crippen molar-refractivity contribution in [1.29, 1.82) is 0 Å². The molecule has 0 unspecified atom stereocenters. The summed E-state index contributed by atoms with van der Waals surface area (Å²) in [6.07, 6.45) is 0. The van der Waals surface area contributed by atoms with E-state index in [1.807, 2.05) is 72.8 Å². The Morgan fingerprint density at radius 1 is 0.258 bits per heavy atom. The van der Waals surface area contributed by atoms with E-state index in [0.29, 0.717) is 23.4 Å². The molecule has 0 radical (unpaired) electrons. The third-order valence-corrected chi connectivity index (χ3v) is 12.6. The molecule has 0 fully saturated rings. The lowest BCUT2D eigenvalue weighted by atomic mass is 10.0. The van der Waals surface area contributed by atoms with Crippen molar-refractivity contribution in [2.24, 2.45) is 0 Å². The van der Waals surface area contributed by atoms with Crippen LogP contribution in [0.25, 0.3) is 123 Å². The summed E-state index contributed by atoms with van der Waals surface area (Å²) in [5, 5.41) is 5.65. The monoisotopic (exact) mass is 843 g/mol. The van der Waals surface area contributed by atoms with E-state index >= 15 is 0 Å². The summed E-state index contributed by atoms with van der Waals surface area (Å²) in [5.41, 5.74) is 13.3. The summed E-state index contributed by atoms with van der Waals surface area (Å²) >= 11 is 0. The van der Waals surface area contributed by atoms with E-state index in [2.05, 4.69) is 161 Å². The number of nitrogens with zero attached hydrogens (tertiary/aromatic N) is 7. The third kappa shape index (κ3) is 6.17. The number of para-hydroxylation sites is 3. The Hall–Kier alpha value is -9.07. The fourth-order valence-electron chi connectivity index (χ4n) is 9.54. The summed E-state index contributed by atoms with van der Waals surface area (Å²) in [6, 6.07) is 78.0. The Balaban J connectivity index is 0.971. The van der Waals surface area contributed by atoms with Crippen molar-refractivity contribution in [2.45, 2.75) is 0 Å². The molecule has 0 amide bonds. The molecular weight excluding hydrogens is 807 g/mol. The Labute approximate surface area is 379 Å². The number of benzene rings is 9. The van der Waals surface area contributed by atoms with Gasteiger partial charge >= 0.3 is 0 Å². The lowest BCUT2D eigenvalue weighted by molar-refractivity contribution is 1.01. The molecule has 0 aliphatic heterocycles. The van der Waals surface area contributed by atoms with Crippen LogP contribution in [0.3, 0.4) is 0 Å². The van der Waals surface area contributed by atoms with Gasteiger partial charge in [-0.2, -0.15) is 0 Å². The maximum Gasteiger partial charge on any atom is 0.235 e. The number of aromatic nitrogens is 7. The molecule has 13 rings (SSSR count). The molecule has 0 spiro atoms. The Bertz CT molecular complexity index is 3900. The van der Waals surface area contributed by atoms with Crippen LogP contribution in [0.15, 0.2) is 224 Å². The van der Waals surface area contributed by atoms with E-state index in [4.69, 9.17) is 24.9 Å². The predicted octanol–water partition coefficient (Wildman–Crippen LogP) is 14.3. The molecule has 66 heavy (non-hydrogen) atoms. The molecule has 308 valence electrons. The van der Waals surface area contributed by atoms with Crippen molar-refractivity contribution >= 4 is 54.5 Å². The van der Waals surface area contributed by atoms with Gasteiger partial charge in [0, 0.05) is 54.9 Å². The summed E-state index contributed by atoms with van der Waals surface area (Å²) < 4.78 is 4.60. The lowest BCUT2D eigenvalue weighted by Crippen LogP contribution is -2.03. The van der Waals surface area contributed by atoms with Gasteiger partial charge in [0.05, 0.1) is 33.3 Å². The van der Waals surface area contributed by atoms with Gasteiger partial charge in [-0.15, -0.1) is 0 Å².